The maximum Gasteiger partial charge on any atom is 0.337 e. The van der Waals surface area contributed by atoms with Crippen LogP contribution < -0.4 is 9.88 Å². The van der Waals surface area contributed by atoms with Crippen molar-refractivity contribution in [3.05, 3.63) is 53.1 Å². The third-order valence-electron chi connectivity index (χ3n) is 2.56. The molecule has 0 spiro atoms. The largest absolute Gasteiger partial charge is 0.478 e. The molecule has 0 bridgehead atoms. The van der Waals surface area contributed by atoms with Gasteiger partial charge in [-0.15, -0.1) is 0 Å². The molecule has 0 aliphatic carbocycles. The molecule has 2 aromatic carbocycles. The molecular weight excluding hydrogens is 318 g/mol. The zero-order valence-corrected chi connectivity index (χ0v) is 12.1. The van der Waals surface area contributed by atoms with Gasteiger partial charge in [-0.3, -0.25) is 0 Å². The molecule has 0 fully saturated rings. The number of carbonyl (C=O) groups is 1. The number of hydrogen-bond donors (Lipinski definition) is 2. The Morgan fingerprint density at radius 3 is 2.19 bits per heavy atom. The van der Waals surface area contributed by atoms with Crippen molar-refractivity contribution in [1.29, 1.82) is 0 Å². The van der Waals surface area contributed by atoms with Crippen LogP contribution in [0.25, 0.3) is 0 Å². The van der Waals surface area contributed by atoms with E-state index in [4.69, 9.17) is 26.6 Å². The summed E-state index contributed by atoms with van der Waals surface area (Å²) in [5.74, 6) is -0.573. The highest BCUT2D eigenvalue weighted by atomic mass is 35.5. The van der Waals surface area contributed by atoms with Crippen molar-refractivity contribution in [1.82, 2.24) is 0 Å². The van der Waals surface area contributed by atoms with Gasteiger partial charge in [0.15, 0.2) is 0 Å². The maximum absolute atomic E-state index is 11.1. The normalized spacial score (nSPS) is 11.1. The Hall–Kier alpha value is -2.09. The molecular formula is C13H10ClNO5S. The second-order valence-electron chi connectivity index (χ2n) is 4.07. The van der Waals surface area contributed by atoms with Crippen LogP contribution in [0.2, 0.25) is 5.02 Å². The van der Waals surface area contributed by atoms with Crippen LogP contribution in [0.1, 0.15) is 10.4 Å². The number of halogens is 1. The lowest BCUT2D eigenvalue weighted by Gasteiger charge is -2.08. The van der Waals surface area contributed by atoms with Crippen molar-refractivity contribution in [3.8, 4) is 11.5 Å². The molecule has 0 radical (unpaired) electrons. The molecule has 0 heterocycles. The van der Waals surface area contributed by atoms with Gasteiger partial charge in [0, 0.05) is 0 Å². The van der Waals surface area contributed by atoms with Gasteiger partial charge in [0.05, 0.1) is 15.5 Å². The summed E-state index contributed by atoms with van der Waals surface area (Å²) < 4.78 is 27.7. The summed E-state index contributed by atoms with van der Waals surface area (Å²) in [5, 5.41) is 14.0. The zero-order valence-electron chi connectivity index (χ0n) is 10.5. The van der Waals surface area contributed by atoms with Gasteiger partial charge in [0.1, 0.15) is 11.5 Å². The van der Waals surface area contributed by atoms with E-state index in [-0.39, 0.29) is 21.2 Å². The molecule has 8 heteroatoms. The lowest BCUT2D eigenvalue weighted by Crippen LogP contribution is -2.11. The van der Waals surface area contributed by atoms with Crippen molar-refractivity contribution < 1.29 is 23.1 Å². The number of hydrogen-bond acceptors (Lipinski definition) is 4. The van der Waals surface area contributed by atoms with Crippen LogP contribution in [0, 0.1) is 0 Å². The molecule has 0 aliphatic rings. The molecule has 0 unspecified atom stereocenters. The predicted octanol–water partition coefficient (Wildman–Crippen LogP) is 2.48. The van der Waals surface area contributed by atoms with Crippen LogP contribution in [-0.2, 0) is 10.0 Å². The van der Waals surface area contributed by atoms with Gasteiger partial charge in [-0.1, -0.05) is 11.6 Å². The standard InChI is InChI=1S/C13H10ClNO5S/c14-12-6-3-9(7-11(12)13(16)17)20-8-1-4-10(5-2-8)21(15,18)19/h1-7H,(H,16,17)(H2,15,18,19). The fourth-order valence-corrected chi connectivity index (χ4v) is 2.28. The molecule has 0 saturated carbocycles. The zero-order chi connectivity index (χ0) is 15.6. The van der Waals surface area contributed by atoms with E-state index in [1.807, 2.05) is 0 Å². The Bertz CT molecular complexity index is 787. The van der Waals surface area contributed by atoms with E-state index in [0.717, 1.165) is 0 Å². The molecule has 21 heavy (non-hydrogen) atoms. The Kier molecular flexibility index (Phi) is 4.17. The van der Waals surface area contributed by atoms with Crippen molar-refractivity contribution in [2.24, 2.45) is 5.14 Å². The molecule has 0 atom stereocenters. The summed E-state index contributed by atoms with van der Waals surface area (Å²) in [6.45, 7) is 0. The van der Waals surface area contributed by atoms with Crippen LogP contribution >= 0.6 is 11.6 Å². The van der Waals surface area contributed by atoms with Gasteiger partial charge >= 0.3 is 5.97 Å². The van der Waals surface area contributed by atoms with Crippen LogP contribution in [0.3, 0.4) is 0 Å². The number of nitrogens with two attached hydrogens (primary N) is 1. The summed E-state index contributed by atoms with van der Waals surface area (Å²) in [5.41, 5.74) is -0.0877. The monoisotopic (exact) mass is 327 g/mol. The van der Waals surface area contributed by atoms with E-state index < -0.39 is 16.0 Å². The fraction of sp³-hybridized carbons (Fsp3) is 0. The van der Waals surface area contributed by atoms with Gasteiger partial charge in [0.2, 0.25) is 10.0 Å². The first-order valence-corrected chi connectivity index (χ1v) is 7.53. The molecule has 2 aromatic rings. The average Bonchev–Trinajstić information content (AvgIpc) is 2.40. The van der Waals surface area contributed by atoms with Crippen LogP contribution in [0.15, 0.2) is 47.4 Å². The second-order valence-corrected chi connectivity index (χ2v) is 6.03. The molecule has 110 valence electrons. The summed E-state index contributed by atoms with van der Waals surface area (Å²) in [4.78, 5) is 10.9. The molecule has 6 nitrogen and oxygen atoms in total. The van der Waals surface area contributed by atoms with E-state index in [1.165, 1.54) is 42.5 Å². The third kappa shape index (κ3) is 3.72. The SMILES string of the molecule is NS(=O)(=O)c1ccc(Oc2ccc(Cl)c(C(=O)O)c2)cc1. The molecule has 0 aromatic heterocycles. The van der Waals surface area contributed by atoms with Crippen molar-refractivity contribution in [3.63, 3.8) is 0 Å². The number of sulfonamides is 1. The average molecular weight is 328 g/mol. The van der Waals surface area contributed by atoms with E-state index in [0.29, 0.717) is 5.75 Å². The second kappa shape index (κ2) is 5.72. The summed E-state index contributed by atoms with van der Waals surface area (Å²) in [6, 6.07) is 9.58. The van der Waals surface area contributed by atoms with E-state index in [2.05, 4.69) is 0 Å². The van der Waals surface area contributed by atoms with Gasteiger partial charge in [-0.25, -0.2) is 18.4 Å². The molecule has 0 amide bonds. The predicted molar refractivity (Wildman–Crippen MR) is 76.3 cm³/mol. The number of ether oxygens (including phenoxy) is 1. The highest BCUT2D eigenvalue weighted by molar-refractivity contribution is 7.89. The van der Waals surface area contributed by atoms with Crippen molar-refractivity contribution in [2.75, 3.05) is 0 Å². The fourth-order valence-electron chi connectivity index (χ4n) is 1.57. The van der Waals surface area contributed by atoms with Gasteiger partial charge in [-0.05, 0) is 42.5 Å². The Morgan fingerprint density at radius 1 is 1.10 bits per heavy atom. The Balaban J connectivity index is 2.26. The highest BCUT2D eigenvalue weighted by Gasteiger charge is 2.11. The summed E-state index contributed by atoms with van der Waals surface area (Å²) in [7, 11) is -3.77. The van der Waals surface area contributed by atoms with Crippen LogP contribution in [0.4, 0.5) is 0 Å². The molecule has 3 N–H and O–H groups in total. The minimum atomic E-state index is -3.77. The molecule has 0 saturated heterocycles. The van der Waals surface area contributed by atoms with Crippen molar-refractivity contribution >= 4 is 27.6 Å². The van der Waals surface area contributed by atoms with Gasteiger partial charge in [0.25, 0.3) is 0 Å². The maximum atomic E-state index is 11.1. The number of primary sulfonamides is 1. The lowest BCUT2D eigenvalue weighted by atomic mass is 10.2. The molecule has 2 rings (SSSR count). The lowest BCUT2D eigenvalue weighted by molar-refractivity contribution is 0.0696. The van der Waals surface area contributed by atoms with Gasteiger partial charge in [-0.2, -0.15) is 0 Å². The van der Waals surface area contributed by atoms with Crippen molar-refractivity contribution in [2.45, 2.75) is 4.90 Å². The van der Waals surface area contributed by atoms with Crippen LogP contribution in [0.5, 0.6) is 11.5 Å². The first-order chi connectivity index (χ1) is 9.77. The number of aromatic carboxylic acids is 1. The quantitative estimate of drug-likeness (QED) is 0.897. The number of rotatable bonds is 4. The third-order valence-corrected chi connectivity index (χ3v) is 3.82. The number of benzene rings is 2. The summed E-state index contributed by atoms with van der Waals surface area (Å²) in [6.07, 6.45) is 0. The Morgan fingerprint density at radius 2 is 1.67 bits per heavy atom. The number of carboxylic acid groups (broad SMARTS) is 1. The molecule has 0 aliphatic heterocycles. The smallest absolute Gasteiger partial charge is 0.337 e. The number of carboxylic acids is 1. The van der Waals surface area contributed by atoms with Gasteiger partial charge < -0.3 is 9.84 Å². The first-order valence-electron chi connectivity index (χ1n) is 5.61. The minimum Gasteiger partial charge on any atom is -0.478 e. The van der Waals surface area contributed by atoms with E-state index in [1.54, 1.807) is 0 Å². The minimum absolute atomic E-state index is 0.0443. The van der Waals surface area contributed by atoms with E-state index in [9.17, 15) is 13.2 Å². The van der Waals surface area contributed by atoms with Crippen LogP contribution in [-0.4, -0.2) is 19.5 Å². The Labute approximate surface area is 125 Å². The first kappa shape index (κ1) is 15.3. The van der Waals surface area contributed by atoms with E-state index >= 15 is 0 Å². The topological polar surface area (TPSA) is 107 Å². The summed E-state index contributed by atoms with van der Waals surface area (Å²) >= 11 is 5.75. The highest BCUT2D eigenvalue weighted by Crippen LogP contribution is 2.27.